The minimum Gasteiger partial charge on any atom is -0.449 e. The highest BCUT2D eigenvalue weighted by Crippen LogP contribution is 2.48. The van der Waals surface area contributed by atoms with Crippen molar-refractivity contribution in [2.45, 2.75) is 10.8 Å². The fraction of sp³-hybridized carbons (Fsp3) is 0.133. The normalized spacial score (nSPS) is 12.4. The number of thioether (sulfide) groups is 1. The second kappa shape index (κ2) is 7.43. The van der Waals surface area contributed by atoms with E-state index >= 15 is 0 Å². The first-order chi connectivity index (χ1) is 11.7. The van der Waals surface area contributed by atoms with Crippen molar-refractivity contribution in [3.05, 3.63) is 69.8 Å². The summed E-state index contributed by atoms with van der Waals surface area (Å²) >= 11 is -0.426. The summed E-state index contributed by atoms with van der Waals surface area (Å²) < 4.78 is 43.5. The Morgan fingerprint density at radius 3 is 2.36 bits per heavy atom. The van der Waals surface area contributed by atoms with Gasteiger partial charge in [-0.15, -0.1) is 0 Å². The molecule has 6 nitrogen and oxygen atoms in total. The fourth-order valence-electron chi connectivity index (χ4n) is 2.11. The lowest BCUT2D eigenvalue weighted by Gasteiger charge is -2.20. The number of carboxylic acid groups (broad SMARTS) is 1. The lowest BCUT2D eigenvalue weighted by molar-refractivity contribution is -0.384. The van der Waals surface area contributed by atoms with Crippen LogP contribution >= 0.6 is 11.8 Å². The number of hydrogen-bond donors (Lipinski definition) is 1. The summed E-state index contributed by atoms with van der Waals surface area (Å²) in [6.07, 6.45) is -1.74. The lowest BCUT2D eigenvalue weighted by atomic mass is 10.0. The molecular formula is C15H10F3NO5S. The zero-order valence-electron chi connectivity index (χ0n) is 12.3. The van der Waals surface area contributed by atoms with Crippen molar-refractivity contribution < 1.29 is 32.7 Å². The van der Waals surface area contributed by atoms with Crippen LogP contribution in [0.1, 0.15) is 16.4 Å². The first-order valence-corrected chi connectivity index (χ1v) is 7.54. The van der Waals surface area contributed by atoms with Gasteiger partial charge in [0.2, 0.25) is 0 Å². The van der Waals surface area contributed by atoms with Crippen molar-refractivity contribution in [2.24, 2.45) is 0 Å². The fourth-order valence-corrected chi connectivity index (χ4v) is 2.99. The number of nitrogens with zero attached hydrogens (tertiary/aromatic N) is 1. The van der Waals surface area contributed by atoms with E-state index in [4.69, 9.17) is 5.11 Å². The van der Waals surface area contributed by atoms with Gasteiger partial charge >= 0.3 is 11.7 Å². The predicted octanol–water partition coefficient (Wildman–Crippen LogP) is 4.99. The van der Waals surface area contributed by atoms with Gasteiger partial charge in [-0.1, -0.05) is 30.3 Å². The highest BCUT2D eigenvalue weighted by Gasteiger charge is 2.36. The van der Waals surface area contributed by atoms with Gasteiger partial charge in [-0.25, -0.2) is 4.79 Å². The van der Waals surface area contributed by atoms with E-state index in [0.717, 1.165) is 18.2 Å². The number of rotatable bonds is 5. The van der Waals surface area contributed by atoms with Gasteiger partial charge in [-0.2, -0.15) is 13.2 Å². The number of nitro benzene ring substituents is 1. The van der Waals surface area contributed by atoms with Crippen LogP contribution in [0.2, 0.25) is 0 Å². The van der Waals surface area contributed by atoms with E-state index in [1.807, 2.05) is 0 Å². The van der Waals surface area contributed by atoms with Crippen molar-refractivity contribution >= 4 is 23.6 Å². The average Bonchev–Trinajstić information content (AvgIpc) is 2.52. The number of benzene rings is 2. The highest BCUT2D eigenvalue weighted by atomic mass is 32.2. The van der Waals surface area contributed by atoms with Crippen LogP contribution in [0.4, 0.5) is 23.7 Å². The van der Waals surface area contributed by atoms with E-state index in [9.17, 15) is 28.1 Å². The summed E-state index contributed by atoms with van der Waals surface area (Å²) in [5.74, 6) is -0.399. The third kappa shape index (κ3) is 5.11. The molecule has 0 radical (unpaired) electrons. The number of ether oxygens (including phenoxy) is 1. The molecular weight excluding hydrogens is 363 g/mol. The van der Waals surface area contributed by atoms with Crippen LogP contribution in [-0.4, -0.2) is 21.7 Å². The van der Waals surface area contributed by atoms with Crippen LogP contribution in [0.15, 0.2) is 48.5 Å². The largest absolute Gasteiger partial charge is 0.511 e. The van der Waals surface area contributed by atoms with Gasteiger partial charge in [0.25, 0.3) is 5.69 Å². The van der Waals surface area contributed by atoms with E-state index < -0.39 is 45.0 Å². The van der Waals surface area contributed by atoms with Crippen LogP contribution in [0, 0.1) is 10.1 Å². The third-order valence-corrected chi connectivity index (χ3v) is 4.07. The van der Waals surface area contributed by atoms with E-state index in [2.05, 4.69) is 4.74 Å². The van der Waals surface area contributed by atoms with Crippen molar-refractivity contribution in [3.8, 4) is 5.75 Å². The number of hydrogen-bond acceptors (Lipinski definition) is 5. The second-order valence-corrected chi connectivity index (χ2v) is 5.87. The van der Waals surface area contributed by atoms with Gasteiger partial charge in [-0.05, 0) is 23.4 Å². The monoisotopic (exact) mass is 373 g/mol. The average molecular weight is 373 g/mol. The number of non-ortho nitro benzene ring substituents is 1. The molecule has 0 bridgehead atoms. The lowest BCUT2D eigenvalue weighted by Crippen LogP contribution is -2.11. The maximum Gasteiger partial charge on any atom is 0.511 e. The summed E-state index contributed by atoms with van der Waals surface area (Å²) in [6.45, 7) is 0. The van der Waals surface area contributed by atoms with E-state index in [1.165, 1.54) is 24.3 Å². The molecule has 10 heteroatoms. The van der Waals surface area contributed by atoms with Crippen LogP contribution in [-0.2, 0) is 0 Å². The molecule has 25 heavy (non-hydrogen) atoms. The minimum atomic E-state index is -4.66. The van der Waals surface area contributed by atoms with Gasteiger partial charge in [-0.3, -0.25) is 10.1 Å². The van der Waals surface area contributed by atoms with Crippen molar-refractivity contribution in [1.29, 1.82) is 0 Å². The predicted molar refractivity (Wildman–Crippen MR) is 83.7 cm³/mol. The maximum absolute atomic E-state index is 13.0. The summed E-state index contributed by atoms with van der Waals surface area (Å²) in [5.41, 5.74) is -5.20. The number of carbonyl (C=O) groups is 1. The van der Waals surface area contributed by atoms with E-state index in [1.54, 1.807) is 6.07 Å². The molecule has 132 valence electrons. The molecule has 0 amide bonds. The van der Waals surface area contributed by atoms with Crippen molar-refractivity contribution in [3.63, 3.8) is 0 Å². The van der Waals surface area contributed by atoms with Crippen LogP contribution in [0.5, 0.6) is 5.75 Å². The van der Waals surface area contributed by atoms with Gasteiger partial charge in [0, 0.05) is 17.7 Å². The first-order valence-electron chi connectivity index (χ1n) is 6.66. The molecule has 0 aromatic heterocycles. The Morgan fingerprint density at radius 2 is 1.84 bits per heavy atom. The Bertz CT molecular complexity index is 782. The summed E-state index contributed by atoms with van der Waals surface area (Å²) in [5, 5.41) is 18.3. The SMILES string of the molecule is O=C(O)Oc1ccc([N+](=O)[O-])cc1C(SC(F)(F)F)c1ccccc1. The molecule has 0 aliphatic heterocycles. The molecule has 0 heterocycles. The van der Waals surface area contributed by atoms with Crippen LogP contribution in [0.3, 0.4) is 0 Å². The minimum absolute atomic E-state index is 0.195. The number of alkyl halides is 3. The third-order valence-electron chi connectivity index (χ3n) is 3.04. The number of nitro groups is 1. The summed E-state index contributed by atoms with van der Waals surface area (Å²) in [6, 6.07) is 10.2. The quantitative estimate of drug-likeness (QED) is 0.344. The summed E-state index contributed by atoms with van der Waals surface area (Å²) in [4.78, 5) is 21.0. The standard InChI is InChI=1S/C15H10F3NO5S/c16-15(17,18)25-13(9-4-2-1-3-5-9)11-8-10(19(22)23)6-7-12(11)24-14(20)21/h1-8,13H,(H,20,21). The second-order valence-electron chi connectivity index (χ2n) is 4.70. The molecule has 0 aliphatic rings. The molecule has 0 saturated carbocycles. The Balaban J connectivity index is 2.62. The molecule has 1 unspecified atom stereocenters. The molecule has 1 N–H and O–H groups in total. The summed E-state index contributed by atoms with van der Waals surface area (Å²) in [7, 11) is 0. The van der Waals surface area contributed by atoms with Gasteiger partial charge in [0.1, 0.15) is 5.75 Å². The Kier molecular flexibility index (Phi) is 5.52. The molecule has 0 saturated heterocycles. The first kappa shape index (κ1) is 18.6. The Morgan fingerprint density at radius 1 is 1.20 bits per heavy atom. The van der Waals surface area contributed by atoms with Crippen LogP contribution in [0.25, 0.3) is 0 Å². The molecule has 0 aliphatic carbocycles. The molecule has 0 spiro atoms. The van der Waals surface area contributed by atoms with Gasteiger partial charge in [0.05, 0.1) is 10.2 Å². The Hall–Kier alpha value is -2.75. The molecule has 1 atom stereocenters. The zero-order valence-corrected chi connectivity index (χ0v) is 13.1. The van der Waals surface area contributed by atoms with Crippen LogP contribution < -0.4 is 4.74 Å². The molecule has 2 rings (SSSR count). The maximum atomic E-state index is 13.0. The van der Waals surface area contributed by atoms with Gasteiger partial charge in [0.15, 0.2) is 0 Å². The zero-order chi connectivity index (χ0) is 18.6. The van der Waals surface area contributed by atoms with Crippen molar-refractivity contribution in [2.75, 3.05) is 0 Å². The van der Waals surface area contributed by atoms with E-state index in [0.29, 0.717) is 0 Å². The van der Waals surface area contributed by atoms with Gasteiger partial charge < -0.3 is 9.84 Å². The Labute approximate surface area is 143 Å². The van der Waals surface area contributed by atoms with E-state index in [-0.39, 0.29) is 11.1 Å². The molecule has 2 aromatic rings. The topological polar surface area (TPSA) is 89.7 Å². The molecule has 0 fully saturated rings. The molecule has 2 aromatic carbocycles. The highest BCUT2D eigenvalue weighted by molar-refractivity contribution is 8.00. The number of halogens is 3. The van der Waals surface area contributed by atoms with Crippen molar-refractivity contribution in [1.82, 2.24) is 0 Å². The smallest absolute Gasteiger partial charge is 0.449 e.